The zero-order valence-electron chi connectivity index (χ0n) is 16.1. The molecule has 4 heteroatoms. The van der Waals surface area contributed by atoms with Crippen LogP contribution in [0.5, 0.6) is 0 Å². The molecule has 2 atom stereocenters. The van der Waals surface area contributed by atoms with Gasteiger partial charge in [-0.1, -0.05) is 74.5 Å². The van der Waals surface area contributed by atoms with Crippen LogP contribution >= 0.6 is 12.4 Å². The maximum atomic E-state index is 12.3. The second-order valence-corrected chi connectivity index (χ2v) is 6.91. The quantitative estimate of drug-likeness (QED) is 0.626. The van der Waals surface area contributed by atoms with Crippen LogP contribution < -0.4 is 0 Å². The summed E-state index contributed by atoms with van der Waals surface area (Å²) >= 11 is 0. The minimum atomic E-state index is -0.681. The number of hydrogen-bond donors (Lipinski definition) is 0. The number of rotatable bonds is 8. The van der Waals surface area contributed by atoms with Crippen LogP contribution in [0.25, 0.3) is 0 Å². The Hall–Kier alpha value is -1.84. The maximum Gasteiger partial charge on any atom is 0.306 e. The van der Waals surface area contributed by atoms with Crippen molar-refractivity contribution in [2.45, 2.75) is 32.3 Å². The molecule has 0 spiro atoms. The first-order valence-corrected chi connectivity index (χ1v) is 8.94. The molecular weight excluding hydrogens is 346 g/mol. The van der Waals surface area contributed by atoms with Gasteiger partial charge in [0, 0.05) is 25.3 Å². The van der Waals surface area contributed by atoms with E-state index in [1.54, 1.807) is 0 Å². The normalized spacial score (nSPS) is 14.2. The number of esters is 1. The standard InChI is InChI=1S/C22H29NO2.ClH/c1-5-21(24)25-22(18(2)17-23(3)4,20-14-10-7-11-15-20)16-19-12-8-6-9-13-19;/h6-15,18H,5,16-17H2,1-4H3;1H/t18-,22-;/m1./s1. The average Bonchev–Trinajstić information content (AvgIpc) is 2.62. The Morgan fingerprint density at radius 3 is 2.08 bits per heavy atom. The van der Waals surface area contributed by atoms with Crippen LogP contribution in [0.1, 0.15) is 31.4 Å². The molecule has 0 aliphatic heterocycles. The van der Waals surface area contributed by atoms with Gasteiger partial charge in [-0.05, 0) is 25.2 Å². The third-order valence-electron chi connectivity index (χ3n) is 4.59. The summed E-state index contributed by atoms with van der Waals surface area (Å²) in [5.41, 5.74) is 1.54. The van der Waals surface area contributed by atoms with Crippen molar-refractivity contribution < 1.29 is 9.53 Å². The summed E-state index contributed by atoms with van der Waals surface area (Å²) in [5.74, 6) is -0.0222. The minimum absolute atomic E-state index is 0. The van der Waals surface area contributed by atoms with Crippen LogP contribution in [-0.2, 0) is 21.6 Å². The predicted octanol–water partition coefficient (Wildman–Crippen LogP) is 4.70. The molecule has 2 aromatic carbocycles. The number of hydrogen-bond acceptors (Lipinski definition) is 3. The fourth-order valence-corrected chi connectivity index (χ4v) is 3.35. The van der Waals surface area contributed by atoms with Crippen LogP contribution in [0.2, 0.25) is 0 Å². The fraction of sp³-hybridized carbons (Fsp3) is 0.409. The van der Waals surface area contributed by atoms with E-state index in [9.17, 15) is 4.79 Å². The molecule has 0 bridgehead atoms. The molecule has 0 aliphatic carbocycles. The van der Waals surface area contributed by atoms with Crippen molar-refractivity contribution in [3.05, 3.63) is 71.8 Å². The monoisotopic (exact) mass is 375 g/mol. The highest BCUT2D eigenvalue weighted by molar-refractivity contribution is 5.85. The van der Waals surface area contributed by atoms with Crippen molar-refractivity contribution in [2.75, 3.05) is 20.6 Å². The molecule has 0 aromatic heterocycles. The number of carbonyl (C=O) groups excluding carboxylic acids is 1. The molecule has 0 N–H and O–H groups in total. The molecule has 0 fully saturated rings. The zero-order valence-corrected chi connectivity index (χ0v) is 17.0. The van der Waals surface area contributed by atoms with Gasteiger partial charge in [-0.3, -0.25) is 4.79 Å². The Balaban J connectivity index is 0.00000338. The van der Waals surface area contributed by atoms with Crippen molar-refractivity contribution in [1.29, 1.82) is 0 Å². The first-order valence-electron chi connectivity index (χ1n) is 8.94. The van der Waals surface area contributed by atoms with Gasteiger partial charge in [-0.25, -0.2) is 0 Å². The van der Waals surface area contributed by atoms with E-state index in [0.717, 1.165) is 12.1 Å². The van der Waals surface area contributed by atoms with Crippen molar-refractivity contribution in [3.63, 3.8) is 0 Å². The lowest BCUT2D eigenvalue weighted by atomic mass is 9.77. The lowest BCUT2D eigenvalue weighted by Crippen LogP contribution is -2.44. The van der Waals surface area contributed by atoms with E-state index in [4.69, 9.17) is 4.74 Å². The minimum Gasteiger partial charge on any atom is -0.453 e. The Labute approximate surface area is 163 Å². The van der Waals surface area contributed by atoms with Gasteiger partial charge in [-0.15, -0.1) is 12.4 Å². The molecule has 0 heterocycles. The van der Waals surface area contributed by atoms with Gasteiger partial charge < -0.3 is 9.64 Å². The summed E-state index contributed by atoms with van der Waals surface area (Å²) in [7, 11) is 4.10. The van der Waals surface area contributed by atoms with Gasteiger partial charge in [0.1, 0.15) is 5.60 Å². The van der Waals surface area contributed by atoms with Gasteiger partial charge >= 0.3 is 5.97 Å². The van der Waals surface area contributed by atoms with Crippen molar-refractivity contribution in [2.24, 2.45) is 5.92 Å². The molecule has 0 saturated heterocycles. The number of benzene rings is 2. The third kappa shape index (κ3) is 5.58. The first kappa shape index (κ1) is 22.2. The average molecular weight is 376 g/mol. The number of nitrogens with zero attached hydrogens (tertiary/aromatic N) is 1. The van der Waals surface area contributed by atoms with Gasteiger partial charge in [-0.2, -0.15) is 0 Å². The van der Waals surface area contributed by atoms with E-state index in [0.29, 0.717) is 12.8 Å². The van der Waals surface area contributed by atoms with Gasteiger partial charge in [0.2, 0.25) is 0 Å². The van der Waals surface area contributed by atoms with E-state index in [2.05, 4.69) is 50.2 Å². The summed E-state index contributed by atoms with van der Waals surface area (Å²) in [6.07, 6.45) is 1.04. The molecule has 2 aromatic rings. The highest BCUT2D eigenvalue weighted by atomic mass is 35.5. The lowest BCUT2D eigenvalue weighted by Gasteiger charge is -2.40. The second-order valence-electron chi connectivity index (χ2n) is 6.91. The van der Waals surface area contributed by atoms with Crippen molar-refractivity contribution in [3.8, 4) is 0 Å². The van der Waals surface area contributed by atoms with E-state index in [1.807, 2.05) is 43.3 Å². The SMILES string of the molecule is CCC(=O)O[C@@](Cc1ccccc1)(c1ccccc1)[C@H](C)CN(C)C.Cl. The van der Waals surface area contributed by atoms with Crippen LogP contribution in [0.4, 0.5) is 0 Å². The molecular formula is C22H30ClNO2. The van der Waals surface area contributed by atoms with Gasteiger partial charge in [0.25, 0.3) is 0 Å². The maximum absolute atomic E-state index is 12.3. The molecule has 0 radical (unpaired) electrons. The smallest absolute Gasteiger partial charge is 0.306 e. The zero-order chi connectivity index (χ0) is 18.3. The Kier molecular flexibility index (Phi) is 8.83. The molecule has 0 amide bonds. The Bertz CT molecular complexity index is 660. The first-order chi connectivity index (χ1) is 12.0. The Morgan fingerprint density at radius 2 is 1.58 bits per heavy atom. The van der Waals surface area contributed by atoms with Gasteiger partial charge in [0.05, 0.1) is 0 Å². The third-order valence-corrected chi connectivity index (χ3v) is 4.59. The lowest BCUT2D eigenvalue weighted by molar-refractivity contribution is -0.168. The molecule has 26 heavy (non-hydrogen) atoms. The van der Waals surface area contributed by atoms with Gasteiger partial charge in [0.15, 0.2) is 0 Å². The van der Waals surface area contributed by atoms with Crippen LogP contribution in [0.3, 0.4) is 0 Å². The summed E-state index contributed by atoms with van der Waals surface area (Å²) in [4.78, 5) is 14.5. The van der Waals surface area contributed by atoms with Crippen LogP contribution in [0.15, 0.2) is 60.7 Å². The summed E-state index contributed by atoms with van der Waals surface area (Å²) in [6, 6.07) is 20.4. The van der Waals surface area contributed by atoms with Crippen LogP contribution in [0, 0.1) is 5.92 Å². The summed E-state index contributed by atoms with van der Waals surface area (Å²) < 4.78 is 6.17. The summed E-state index contributed by atoms with van der Waals surface area (Å²) in [5, 5.41) is 0. The number of carbonyl (C=O) groups is 1. The number of ether oxygens (including phenoxy) is 1. The van der Waals surface area contributed by atoms with Crippen LogP contribution in [-0.4, -0.2) is 31.5 Å². The summed E-state index contributed by atoms with van der Waals surface area (Å²) in [6.45, 7) is 4.84. The molecule has 0 unspecified atom stereocenters. The fourth-order valence-electron chi connectivity index (χ4n) is 3.35. The largest absolute Gasteiger partial charge is 0.453 e. The highest BCUT2D eigenvalue weighted by Gasteiger charge is 2.42. The molecule has 3 nitrogen and oxygen atoms in total. The van der Waals surface area contributed by atoms with Crippen molar-refractivity contribution >= 4 is 18.4 Å². The van der Waals surface area contributed by atoms with E-state index >= 15 is 0 Å². The molecule has 142 valence electrons. The topological polar surface area (TPSA) is 29.5 Å². The molecule has 2 rings (SSSR count). The second kappa shape index (κ2) is 10.3. The molecule has 0 aliphatic rings. The van der Waals surface area contributed by atoms with E-state index < -0.39 is 5.60 Å². The molecule has 0 saturated carbocycles. The van der Waals surface area contributed by atoms with E-state index in [1.165, 1.54) is 5.56 Å². The predicted molar refractivity (Wildman–Crippen MR) is 110 cm³/mol. The highest BCUT2D eigenvalue weighted by Crippen LogP contribution is 2.38. The van der Waals surface area contributed by atoms with E-state index in [-0.39, 0.29) is 24.3 Å². The Morgan fingerprint density at radius 1 is 1.04 bits per heavy atom. The van der Waals surface area contributed by atoms with Crippen molar-refractivity contribution in [1.82, 2.24) is 4.90 Å². The number of halogens is 1.